The number of amides is 2. The first-order valence-electron chi connectivity index (χ1n) is 8.94. The molecule has 1 heterocycles. The predicted molar refractivity (Wildman–Crippen MR) is 104 cm³/mol. The number of carbonyl (C=O) groups is 2. The molecule has 2 aromatic carbocycles. The molecule has 1 saturated heterocycles. The first-order valence-corrected chi connectivity index (χ1v) is 9.74. The Morgan fingerprint density at radius 3 is 2.40 bits per heavy atom. The molecule has 30 heavy (non-hydrogen) atoms. The average Bonchev–Trinajstić information content (AvgIpc) is 2.65. The number of carboxylic acid groups (broad SMARTS) is 1. The number of nitrogens with zero attached hydrogens (tertiary/aromatic N) is 2. The molecule has 1 N–H and O–H groups in total. The van der Waals surface area contributed by atoms with Gasteiger partial charge in [0.2, 0.25) is 0 Å². The molecule has 1 fully saturated rings. The minimum absolute atomic E-state index is 0.0899. The number of alkyl halides is 3. The van der Waals surface area contributed by atoms with E-state index in [9.17, 15) is 27.2 Å². The van der Waals surface area contributed by atoms with E-state index in [-0.39, 0.29) is 19.5 Å². The van der Waals surface area contributed by atoms with E-state index < -0.39 is 47.6 Å². The van der Waals surface area contributed by atoms with Gasteiger partial charge >= 0.3 is 18.2 Å². The number of carbonyl (C=O) groups excluding carboxylic acids is 1. The third-order valence-electron chi connectivity index (χ3n) is 4.80. The van der Waals surface area contributed by atoms with Crippen molar-refractivity contribution in [3.05, 3.63) is 63.9 Å². The normalized spacial score (nSPS) is 17.4. The van der Waals surface area contributed by atoms with Gasteiger partial charge in [0.25, 0.3) is 0 Å². The molecule has 1 atom stereocenters. The van der Waals surface area contributed by atoms with E-state index >= 15 is 0 Å². The van der Waals surface area contributed by atoms with E-state index in [0.717, 1.165) is 27.6 Å². The number of carboxylic acids is 1. The maximum Gasteiger partial charge on any atom is 0.416 e. The second-order valence-electron chi connectivity index (χ2n) is 6.98. The summed E-state index contributed by atoms with van der Waals surface area (Å²) < 4.78 is 55.1. The zero-order valence-electron chi connectivity index (χ0n) is 15.5. The maximum absolute atomic E-state index is 14.3. The lowest BCUT2D eigenvalue weighted by atomic mass is 9.99. The molecule has 0 bridgehead atoms. The minimum Gasteiger partial charge on any atom is -0.481 e. The van der Waals surface area contributed by atoms with Gasteiger partial charge in [-0.2, -0.15) is 13.2 Å². The number of hydrogen-bond donors (Lipinski definition) is 1. The van der Waals surface area contributed by atoms with Gasteiger partial charge in [-0.1, -0.05) is 22.0 Å². The van der Waals surface area contributed by atoms with Crippen molar-refractivity contribution in [2.24, 2.45) is 5.92 Å². The Morgan fingerprint density at radius 1 is 1.13 bits per heavy atom. The van der Waals surface area contributed by atoms with Crippen LogP contribution in [0.3, 0.4) is 0 Å². The van der Waals surface area contributed by atoms with E-state index in [1.165, 1.54) is 4.90 Å². The highest BCUT2D eigenvalue weighted by atomic mass is 79.9. The van der Waals surface area contributed by atoms with E-state index in [1.54, 1.807) is 24.3 Å². The van der Waals surface area contributed by atoms with Gasteiger partial charge in [0, 0.05) is 34.7 Å². The average molecular weight is 489 g/mol. The smallest absolute Gasteiger partial charge is 0.416 e. The number of hydrogen-bond acceptors (Lipinski definition) is 2. The topological polar surface area (TPSA) is 60.9 Å². The summed E-state index contributed by atoms with van der Waals surface area (Å²) in [6.07, 6.45) is -5.07. The van der Waals surface area contributed by atoms with Crippen LogP contribution < -0.4 is 4.90 Å². The molecule has 3 rings (SSSR count). The number of aliphatic carboxylic acids is 1. The molecule has 1 aliphatic heterocycles. The fourth-order valence-corrected chi connectivity index (χ4v) is 3.74. The van der Waals surface area contributed by atoms with Crippen LogP contribution in [-0.4, -0.2) is 35.1 Å². The highest BCUT2D eigenvalue weighted by Gasteiger charge is 2.38. The standard InChI is InChI=1S/C20H17BrF4N2O3/c21-13-4-6-14(7-5-13)27-10-12(8-18(28)29)9-26(19(27)30)11-15-16(20(23,24)25)2-1-3-17(15)22/h1-7,12H,8-11H2,(H,28,29). The van der Waals surface area contributed by atoms with Gasteiger partial charge in [0.1, 0.15) is 5.82 Å². The SMILES string of the molecule is O=C(O)CC1CN(Cc2c(F)cccc2C(F)(F)F)C(=O)N(c2ccc(Br)cc2)C1. The fraction of sp³-hybridized carbons (Fsp3) is 0.300. The molecule has 10 heteroatoms. The minimum atomic E-state index is -4.79. The molecule has 160 valence electrons. The molecular weight excluding hydrogens is 472 g/mol. The van der Waals surface area contributed by atoms with Gasteiger partial charge in [-0.3, -0.25) is 9.69 Å². The van der Waals surface area contributed by atoms with Crippen LogP contribution in [0.25, 0.3) is 0 Å². The molecule has 5 nitrogen and oxygen atoms in total. The largest absolute Gasteiger partial charge is 0.481 e. The molecule has 2 amide bonds. The van der Waals surface area contributed by atoms with Crippen molar-refractivity contribution in [2.45, 2.75) is 19.1 Å². The van der Waals surface area contributed by atoms with Gasteiger partial charge in [0.15, 0.2) is 0 Å². The lowest BCUT2D eigenvalue weighted by Gasteiger charge is -2.40. The number of urea groups is 1. The molecule has 0 aliphatic carbocycles. The summed E-state index contributed by atoms with van der Waals surface area (Å²) in [5.74, 6) is -2.70. The second-order valence-corrected chi connectivity index (χ2v) is 7.89. The van der Waals surface area contributed by atoms with Crippen molar-refractivity contribution in [2.75, 3.05) is 18.0 Å². The van der Waals surface area contributed by atoms with E-state index in [4.69, 9.17) is 5.11 Å². The summed E-state index contributed by atoms with van der Waals surface area (Å²) in [6, 6.07) is 8.64. The zero-order chi connectivity index (χ0) is 22.1. The van der Waals surface area contributed by atoms with E-state index in [1.807, 2.05) is 0 Å². The van der Waals surface area contributed by atoms with Gasteiger partial charge < -0.3 is 10.0 Å². The lowest BCUT2D eigenvalue weighted by Crippen LogP contribution is -2.53. The van der Waals surface area contributed by atoms with Crippen molar-refractivity contribution in [3.63, 3.8) is 0 Å². The quantitative estimate of drug-likeness (QED) is 0.592. The van der Waals surface area contributed by atoms with Crippen molar-refractivity contribution in [1.29, 1.82) is 0 Å². The molecule has 1 aliphatic rings. The van der Waals surface area contributed by atoms with Crippen LogP contribution in [0.2, 0.25) is 0 Å². The summed E-state index contributed by atoms with van der Waals surface area (Å²) in [5, 5.41) is 9.16. The first kappa shape index (κ1) is 22.1. The summed E-state index contributed by atoms with van der Waals surface area (Å²) in [4.78, 5) is 26.6. The number of halogens is 5. The van der Waals surface area contributed by atoms with Crippen LogP contribution in [0.1, 0.15) is 17.5 Å². The van der Waals surface area contributed by atoms with Crippen LogP contribution >= 0.6 is 15.9 Å². The molecular formula is C20H17BrF4N2O3. The van der Waals surface area contributed by atoms with Crippen molar-refractivity contribution < 1.29 is 32.3 Å². The Balaban J connectivity index is 1.96. The Labute approximate surface area is 178 Å². The summed E-state index contributed by atoms with van der Waals surface area (Å²) in [5.41, 5.74) is -1.34. The highest BCUT2D eigenvalue weighted by molar-refractivity contribution is 9.10. The molecule has 0 aromatic heterocycles. The lowest BCUT2D eigenvalue weighted by molar-refractivity contribution is -0.139. The Morgan fingerprint density at radius 2 is 1.80 bits per heavy atom. The zero-order valence-corrected chi connectivity index (χ0v) is 17.1. The predicted octanol–water partition coefficient (Wildman–Crippen LogP) is 5.14. The van der Waals surface area contributed by atoms with Gasteiger partial charge in [-0.15, -0.1) is 0 Å². The Hall–Kier alpha value is -2.62. The molecule has 2 aromatic rings. The number of rotatable bonds is 5. The third kappa shape index (κ3) is 4.92. The van der Waals surface area contributed by atoms with Gasteiger partial charge in [-0.05, 0) is 36.4 Å². The fourth-order valence-electron chi connectivity index (χ4n) is 3.48. The maximum atomic E-state index is 14.3. The van der Waals surface area contributed by atoms with Crippen LogP contribution in [0.5, 0.6) is 0 Å². The van der Waals surface area contributed by atoms with Crippen molar-refractivity contribution >= 4 is 33.6 Å². The Kier molecular flexibility index (Phi) is 6.35. The van der Waals surface area contributed by atoms with Crippen LogP contribution in [0.15, 0.2) is 46.9 Å². The second kappa shape index (κ2) is 8.63. The number of anilines is 1. The van der Waals surface area contributed by atoms with Crippen LogP contribution in [0, 0.1) is 11.7 Å². The van der Waals surface area contributed by atoms with Crippen molar-refractivity contribution in [3.8, 4) is 0 Å². The Bertz CT molecular complexity index is 950. The van der Waals surface area contributed by atoms with Gasteiger partial charge in [0.05, 0.1) is 18.5 Å². The third-order valence-corrected chi connectivity index (χ3v) is 5.32. The first-order chi connectivity index (χ1) is 14.1. The van der Waals surface area contributed by atoms with Crippen molar-refractivity contribution in [1.82, 2.24) is 4.90 Å². The molecule has 0 spiro atoms. The summed E-state index contributed by atoms with van der Waals surface area (Å²) >= 11 is 3.28. The molecule has 0 saturated carbocycles. The molecule has 0 radical (unpaired) electrons. The van der Waals surface area contributed by atoms with Crippen LogP contribution in [-0.2, 0) is 17.5 Å². The van der Waals surface area contributed by atoms with E-state index in [2.05, 4.69) is 15.9 Å². The molecule has 1 unspecified atom stereocenters. The van der Waals surface area contributed by atoms with Gasteiger partial charge in [-0.25, -0.2) is 9.18 Å². The van der Waals surface area contributed by atoms with Crippen LogP contribution in [0.4, 0.5) is 28.0 Å². The monoisotopic (exact) mass is 488 g/mol. The highest BCUT2D eigenvalue weighted by Crippen LogP contribution is 2.35. The van der Waals surface area contributed by atoms with E-state index in [0.29, 0.717) is 5.69 Å². The summed E-state index contributed by atoms with van der Waals surface area (Å²) in [7, 11) is 0. The number of benzene rings is 2. The summed E-state index contributed by atoms with van der Waals surface area (Å²) in [6.45, 7) is -0.625.